The Morgan fingerprint density at radius 1 is 1.16 bits per heavy atom. The van der Waals surface area contributed by atoms with Crippen molar-refractivity contribution in [1.82, 2.24) is 4.90 Å². The molecule has 6 nitrogen and oxygen atoms in total. The summed E-state index contributed by atoms with van der Waals surface area (Å²) in [5, 5.41) is 3.54. The molecule has 164 valence electrons. The number of rotatable bonds is 2. The first-order chi connectivity index (χ1) is 15.4. The molecule has 32 heavy (non-hydrogen) atoms. The number of imide groups is 1. The van der Waals surface area contributed by atoms with E-state index in [2.05, 4.69) is 23.2 Å². The topological polar surface area (TPSA) is 69.7 Å². The van der Waals surface area contributed by atoms with Crippen molar-refractivity contribution in [2.45, 2.75) is 44.7 Å². The van der Waals surface area contributed by atoms with E-state index in [1.165, 1.54) is 4.90 Å². The summed E-state index contributed by atoms with van der Waals surface area (Å²) in [5.74, 6) is -1.99. The highest BCUT2D eigenvalue weighted by molar-refractivity contribution is 6.32. The maximum absolute atomic E-state index is 14.0. The summed E-state index contributed by atoms with van der Waals surface area (Å²) in [6.45, 7) is 4.59. The van der Waals surface area contributed by atoms with Crippen molar-refractivity contribution in [3.63, 3.8) is 0 Å². The average molecular weight is 450 g/mol. The molecule has 3 saturated heterocycles. The summed E-state index contributed by atoms with van der Waals surface area (Å²) < 4.78 is 0. The lowest BCUT2D eigenvalue weighted by Crippen LogP contribution is -2.54. The fourth-order valence-electron chi connectivity index (χ4n) is 6.55. The smallest absolute Gasteiger partial charge is 0.250 e. The quantitative estimate of drug-likeness (QED) is 0.710. The van der Waals surface area contributed by atoms with Crippen molar-refractivity contribution in [2.75, 3.05) is 16.8 Å². The molecule has 1 spiro atoms. The summed E-state index contributed by atoms with van der Waals surface area (Å²) in [4.78, 5) is 45.0. The van der Waals surface area contributed by atoms with E-state index in [0.717, 1.165) is 36.1 Å². The lowest BCUT2D eigenvalue weighted by Gasteiger charge is -2.37. The van der Waals surface area contributed by atoms with Crippen LogP contribution in [-0.4, -0.2) is 35.2 Å². The molecular formula is C25H24ClN3O3. The Morgan fingerprint density at radius 2 is 1.97 bits per heavy atom. The van der Waals surface area contributed by atoms with E-state index >= 15 is 0 Å². The molecule has 4 heterocycles. The summed E-state index contributed by atoms with van der Waals surface area (Å²) in [7, 11) is 0. The Morgan fingerprint density at radius 3 is 2.75 bits per heavy atom. The van der Waals surface area contributed by atoms with Crippen molar-refractivity contribution in [1.29, 1.82) is 0 Å². The maximum atomic E-state index is 14.0. The molecular weight excluding hydrogens is 426 g/mol. The monoisotopic (exact) mass is 449 g/mol. The molecule has 4 aliphatic rings. The first-order valence-electron chi connectivity index (χ1n) is 11.3. The molecule has 0 bridgehead atoms. The number of carbonyl (C=O) groups excluding carboxylic acids is 3. The zero-order valence-electron chi connectivity index (χ0n) is 18.0. The van der Waals surface area contributed by atoms with E-state index in [0.29, 0.717) is 22.8 Å². The summed E-state index contributed by atoms with van der Waals surface area (Å²) in [5.41, 5.74) is 2.77. The van der Waals surface area contributed by atoms with Gasteiger partial charge in [-0.3, -0.25) is 19.3 Å². The van der Waals surface area contributed by atoms with Crippen LogP contribution in [0.15, 0.2) is 36.4 Å². The van der Waals surface area contributed by atoms with E-state index in [-0.39, 0.29) is 23.8 Å². The third kappa shape index (κ3) is 2.22. The lowest BCUT2D eigenvalue weighted by molar-refractivity contribution is -0.135. The predicted molar refractivity (Wildman–Crippen MR) is 122 cm³/mol. The highest BCUT2D eigenvalue weighted by atomic mass is 35.5. The summed E-state index contributed by atoms with van der Waals surface area (Å²) in [6, 6.07) is 11.1. The molecule has 6 rings (SSSR count). The van der Waals surface area contributed by atoms with Crippen LogP contribution in [0.3, 0.4) is 0 Å². The van der Waals surface area contributed by atoms with Crippen molar-refractivity contribution in [3.05, 3.63) is 58.1 Å². The number of fused-ring (bicyclic) bond motifs is 7. The van der Waals surface area contributed by atoms with Crippen molar-refractivity contribution in [3.8, 4) is 0 Å². The average Bonchev–Trinajstić information content (AvgIpc) is 3.48. The van der Waals surface area contributed by atoms with Gasteiger partial charge >= 0.3 is 0 Å². The Hall–Kier alpha value is -2.70. The van der Waals surface area contributed by atoms with Gasteiger partial charge < -0.3 is 5.32 Å². The van der Waals surface area contributed by atoms with Crippen LogP contribution in [0.1, 0.15) is 36.5 Å². The number of nitrogens with one attached hydrogen (secondary N) is 1. The molecule has 3 fully saturated rings. The molecule has 0 radical (unpaired) electrons. The van der Waals surface area contributed by atoms with Gasteiger partial charge in [-0.25, -0.2) is 4.90 Å². The second-order valence-corrected chi connectivity index (χ2v) is 9.66. The number of nitrogens with zero attached hydrogens (tertiary/aromatic N) is 2. The van der Waals surface area contributed by atoms with Crippen LogP contribution in [0.4, 0.5) is 11.4 Å². The molecule has 1 N–H and O–H groups in total. The fourth-order valence-corrected chi connectivity index (χ4v) is 6.72. The number of aryl methyl sites for hydroxylation is 1. The Kier molecular flexibility index (Phi) is 4.15. The molecule has 4 aliphatic heterocycles. The minimum atomic E-state index is -1.14. The summed E-state index contributed by atoms with van der Waals surface area (Å²) in [6.07, 6.45) is 2.54. The standard InChI is InChI=1S/C25H24ClN3O3/c1-3-14-9-10-17-15(12-14)25(24(32)27-17)21-20(19-8-5-11-28(19)25)22(30)29(23(21)31)18-7-4-6-16(26)13(18)2/h4,6-7,9-10,12,19-21H,3,5,8,11H2,1-2H3,(H,27,32)/t19-,20+,21-,25+/m0/s1. The minimum Gasteiger partial charge on any atom is -0.324 e. The van der Waals surface area contributed by atoms with Gasteiger partial charge in [0, 0.05) is 22.3 Å². The number of hydrogen-bond acceptors (Lipinski definition) is 4. The SMILES string of the molecule is CCc1ccc2c(c1)[C@]1(C(=O)N2)[C@@H]2C(=O)N(c3cccc(Cl)c3C)C(=O)[C@@H]2[C@@H]2CCCN21. The first-order valence-corrected chi connectivity index (χ1v) is 11.6. The highest BCUT2D eigenvalue weighted by Gasteiger charge is 2.74. The second kappa shape index (κ2) is 6.65. The number of carbonyl (C=O) groups is 3. The molecule has 2 aromatic carbocycles. The van der Waals surface area contributed by atoms with Gasteiger partial charge in [0.25, 0.3) is 0 Å². The molecule has 0 aliphatic carbocycles. The molecule has 0 unspecified atom stereocenters. The largest absolute Gasteiger partial charge is 0.324 e. The highest BCUT2D eigenvalue weighted by Crippen LogP contribution is 2.61. The van der Waals surface area contributed by atoms with Crippen molar-refractivity contribution in [2.24, 2.45) is 11.8 Å². The van der Waals surface area contributed by atoms with Gasteiger partial charge in [0.1, 0.15) is 5.54 Å². The van der Waals surface area contributed by atoms with Crippen LogP contribution in [-0.2, 0) is 26.3 Å². The normalized spacial score (nSPS) is 30.8. The Labute approximate surface area is 191 Å². The zero-order valence-corrected chi connectivity index (χ0v) is 18.8. The molecule has 3 amide bonds. The van der Waals surface area contributed by atoms with Crippen LogP contribution in [0, 0.1) is 18.8 Å². The van der Waals surface area contributed by atoms with E-state index < -0.39 is 17.4 Å². The van der Waals surface area contributed by atoms with Crippen LogP contribution in [0.5, 0.6) is 0 Å². The van der Waals surface area contributed by atoms with Gasteiger partial charge in [0.15, 0.2) is 0 Å². The Balaban J connectivity index is 1.57. The van der Waals surface area contributed by atoms with Gasteiger partial charge in [-0.1, -0.05) is 36.7 Å². The molecule has 7 heteroatoms. The van der Waals surface area contributed by atoms with E-state index in [1.54, 1.807) is 18.2 Å². The molecule has 0 saturated carbocycles. The zero-order chi connectivity index (χ0) is 22.4. The number of halogens is 1. The van der Waals surface area contributed by atoms with Crippen molar-refractivity contribution < 1.29 is 14.4 Å². The van der Waals surface area contributed by atoms with Gasteiger partial charge in [0.05, 0.1) is 17.5 Å². The second-order valence-electron chi connectivity index (χ2n) is 9.26. The van der Waals surface area contributed by atoms with Gasteiger partial charge in [-0.15, -0.1) is 0 Å². The number of amides is 3. The third-order valence-electron chi connectivity index (χ3n) is 7.95. The molecule has 2 aromatic rings. The first kappa shape index (κ1) is 19.9. The summed E-state index contributed by atoms with van der Waals surface area (Å²) >= 11 is 6.32. The Bertz CT molecular complexity index is 1210. The van der Waals surface area contributed by atoms with Crippen LogP contribution >= 0.6 is 11.6 Å². The van der Waals surface area contributed by atoms with Crippen LogP contribution in [0.25, 0.3) is 0 Å². The maximum Gasteiger partial charge on any atom is 0.250 e. The van der Waals surface area contributed by atoms with Gasteiger partial charge in [-0.2, -0.15) is 0 Å². The van der Waals surface area contributed by atoms with E-state index in [9.17, 15) is 14.4 Å². The van der Waals surface area contributed by atoms with Gasteiger partial charge in [-0.05, 0) is 62.1 Å². The van der Waals surface area contributed by atoms with Gasteiger partial charge in [0.2, 0.25) is 17.7 Å². The minimum absolute atomic E-state index is 0.122. The van der Waals surface area contributed by atoms with E-state index in [1.807, 2.05) is 19.1 Å². The van der Waals surface area contributed by atoms with Crippen molar-refractivity contribution >= 4 is 40.7 Å². The number of hydrogen-bond donors (Lipinski definition) is 1. The van der Waals surface area contributed by atoms with Crippen LogP contribution < -0.4 is 10.2 Å². The lowest BCUT2D eigenvalue weighted by atomic mass is 9.75. The predicted octanol–water partition coefficient (Wildman–Crippen LogP) is 3.64. The molecule has 4 atom stereocenters. The fraction of sp³-hybridized carbons (Fsp3) is 0.400. The van der Waals surface area contributed by atoms with Crippen LogP contribution in [0.2, 0.25) is 5.02 Å². The van der Waals surface area contributed by atoms with E-state index in [4.69, 9.17) is 11.6 Å². The number of anilines is 2. The number of benzene rings is 2. The third-order valence-corrected chi connectivity index (χ3v) is 8.35. The molecule has 0 aromatic heterocycles.